The van der Waals surface area contributed by atoms with Crippen molar-refractivity contribution in [2.75, 3.05) is 25.0 Å². The van der Waals surface area contributed by atoms with Gasteiger partial charge >= 0.3 is 11.9 Å². The topological polar surface area (TPSA) is 108 Å². The molecule has 0 aliphatic rings. The average molecular weight is 421 g/mol. The molecule has 29 heavy (non-hydrogen) atoms. The Labute approximate surface area is 169 Å². The predicted octanol–water partition coefficient (Wildman–Crippen LogP) is 3.00. The van der Waals surface area contributed by atoms with Crippen LogP contribution in [0.4, 0.5) is 5.69 Å². The number of sulfonamides is 1. The molecule has 0 spiro atoms. The van der Waals surface area contributed by atoms with Gasteiger partial charge in [-0.1, -0.05) is 25.5 Å². The molecule has 0 heterocycles. The van der Waals surface area contributed by atoms with Gasteiger partial charge in [0.15, 0.2) is 6.61 Å². The fourth-order valence-electron chi connectivity index (χ4n) is 2.28. The number of nitrogens with one attached hydrogen (secondary N) is 1. The molecule has 0 bridgehead atoms. The van der Waals surface area contributed by atoms with Crippen molar-refractivity contribution in [2.45, 2.75) is 24.7 Å². The van der Waals surface area contributed by atoms with E-state index in [1.807, 2.05) is 6.92 Å². The lowest BCUT2D eigenvalue weighted by atomic mass is 10.2. The maximum absolute atomic E-state index is 12.6. The average Bonchev–Trinajstić information content (AvgIpc) is 2.72. The first-order chi connectivity index (χ1) is 13.9. The predicted molar refractivity (Wildman–Crippen MR) is 106 cm³/mol. The van der Waals surface area contributed by atoms with Crippen LogP contribution >= 0.6 is 0 Å². The molecule has 0 atom stereocenters. The fraction of sp³-hybridized carbons (Fsp3) is 0.300. The molecule has 0 radical (unpaired) electrons. The van der Waals surface area contributed by atoms with Gasteiger partial charge in [-0.05, 0) is 42.8 Å². The van der Waals surface area contributed by atoms with Gasteiger partial charge in [0.05, 0.1) is 29.9 Å². The van der Waals surface area contributed by atoms with Gasteiger partial charge in [-0.25, -0.2) is 18.0 Å². The summed E-state index contributed by atoms with van der Waals surface area (Å²) in [5.74, 6) is -0.993. The number of rotatable bonds is 10. The van der Waals surface area contributed by atoms with Gasteiger partial charge in [-0.3, -0.25) is 4.72 Å². The minimum absolute atomic E-state index is 0.000900. The zero-order valence-electron chi connectivity index (χ0n) is 16.2. The highest BCUT2D eigenvalue weighted by molar-refractivity contribution is 7.92. The number of hydrogen-bond acceptors (Lipinski definition) is 7. The van der Waals surface area contributed by atoms with Crippen molar-refractivity contribution in [3.8, 4) is 5.75 Å². The van der Waals surface area contributed by atoms with Crippen LogP contribution in [0.5, 0.6) is 5.75 Å². The zero-order chi connectivity index (χ0) is 21.3. The summed E-state index contributed by atoms with van der Waals surface area (Å²) < 4.78 is 42.5. The van der Waals surface area contributed by atoms with Crippen molar-refractivity contribution in [3.63, 3.8) is 0 Å². The SMILES string of the molecule is CCCCOC(=O)COC(=O)c1ccccc1NS(=O)(=O)c1ccc(OC)cc1. The highest BCUT2D eigenvalue weighted by Crippen LogP contribution is 2.22. The van der Waals surface area contributed by atoms with E-state index in [0.717, 1.165) is 12.8 Å². The lowest BCUT2D eigenvalue weighted by Crippen LogP contribution is -2.19. The van der Waals surface area contributed by atoms with Crippen molar-refractivity contribution in [1.82, 2.24) is 0 Å². The number of anilines is 1. The van der Waals surface area contributed by atoms with Crippen LogP contribution in [0.15, 0.2) is 53.4 Å². The molecular formula is C20H23NO7S. The number of para-hydroxylation sites is 1. The van der Waals surface area contributed by atoms with Gasteiger partial charge < -0.3 is 14.2 Å². The second-order valence-corrected chi connectivity index (χ2v) is 7.66. The third-order valence-corrected chi connectivity index (χ3v) is 5.22. The molecule has 0 saturated carbocycles. The van der Waals surface area contributed by atoms with E-state index in [4.69, 9.17) is 14.2 Å². The molecule has 1 N–H and O–H groups in total. The second-order valence-electron chi connectivity index (χ2n) is 5.98. The molecule has 2 rings (SSSR count). The lowest BCUT2D eigenvalue weighted by molar-refractivity contribution is -0.147. The largest absolute Gasteiger partial charge is 0.497 e. The summed E-state index contributed by atoms with van der Waals surface area (Å²) in [7, 11) is -2.47. The summed E-state index contributed by atoms with van der Waals surface area (Å²) >= 11 is 0. The van der Waals surface area contributed by atoms with E-state index >= 15 is 0 Å². The highest BCUT2D eigenvalue weighted by atomic mass is 32.2. The minimum atomic E-state index is -3.95. The highest BCUT2D eigenvalue weighted by Gasteiger charge is 2.20. The Bertz CT molecular complexity index is 940. The summed E-state index contributed by atoms with van der Waals surface area (Å²) in [5.41, 5.74) is 0.0126. The minimum Gasteiger partial charge on any atom is -0.497 e. The van der Waals surface area contributed by atoms with Crippen LogP contribution in [0.1, 0.15) is 30.1 Å². The number of methoxy groups -OCH3 is 1. The van der Waals surface area contributed by atoms with Gasteiger partial charge in [-0.15, -0.1) is 0 Å². The Hall–Kier alpha value is -3.07. The second kappa shape index (κ2) is 10.5. The van der Waals surface area contributed by atoms with Crippen molar-refractivity contribution in [2.24, 2.45) is 0 Å². The van der Waals surface area contributed by atoms with Crippen molar-refractivity contribution >= 4 is 27.6 Å². The van der Waals surface area contributed by atoms with Crippen LogP contribution in [-0.4, -0.2) is 40.7 Å². The van der Waals surface area contributed by atoms with Crippen LogP contribution in [0.2, 0.25) is 0 Å². The molecular weight excluding hydrogens is 398 g/mol. The molecule has 0 amide bonds. The smallest absolute Gasteiger partial charge is 0.344 e. The molecule has 9 heteroatoms. The molecule has 0 unspecified atom stereocenters. The fourth-order valence-corrected chi connectivity index (χ4v) is 3.36. The lowest BCUT2D eigenvalue weighted by Gasteiger charge is -2.12. The first-order valence-electron chi connectivity index (χ1n) is 8.96. The number of esters is 2. The summed E-state index contributed by atoms with van der Waals surface area (Å²) in [6.45, 7) is 1.66. The Balaban J connectivity index is 2.09. The molecule has 0 aliphatic heterocycles. The van der Waals surface area contributed by atoms with E-state index in [-0.39, 0.29) is 22.8 Å². The number of benzene rings is 2. The number of ether oxygens (including phenoxy) is 3. The Kier molecular flexibility index (Phi) is 8.02. The molecule has 8 nitrogen and oxygen atoms in total. The summed E-state index contributed by atoms with van der Waals surface area (Å²) in [6, 6.07) is 11.7. The van der Waals surface area contributed by atoms with Crippen LogP contribution in [0.25, 0.3) is 0 Å². The quantitative estimate of drug-likeness (QED) is 0.464. The zero-order valence-corrected chi connectivity index (χ0v) is 17.0. The van der Waals surface area contributed by atoms with E-state index in [9.17, 15) is 18.0 Å². The summed E-state index contributed by atoms with van der Waals surface area (Å²) in [4.78, 5) is 23.9. The number of hydrogen-bond donors (Lipinski definition) is 1. The molecule has 2 aromatic carbocycles. The molecule has 0 aromatic heterocycles. The van der Waals surface area contributed by atoms with Gasteiger partial charge in [0.2, 0.25) is 0 Å². The molecule has 0 fully saturated rings. The monoisotopic (exact) mass is 421 g/mol. The third-order valence-electron chi connectivity index (χ3n) is 3.84. The van der Waals surface area contributed by atoms with Gasteiger partial charge in [0.25, 0.3) is 10.0 Å². The third kappa shape index (κ3) is 6.49. The molecule has 0 saturated heterocycles. The van der Waals surface area contributed by atoms with E-state index < -0.39 is 28.6 Å². The number of unbranched alkanes of at least 4 members (excludes halogenated alkanes) is 1. The van der Waals surface area contributed by atoms with Crippen LogP contribution in [0, 0.1) is 0 Å². The van der Waals surface area contributed by atoms with Crippen molar-refractivity contribution in [3.05, 3.63) is 54.1 Å². The first kappa shape index (κ1) is 22.2. The van der Waals surface area contributed by atoms with Crippen molar-refractivity contribution < 1.29 is 32.2 Å². The summed E-state index contributed by atoms with van der Waals surface area (Å²) in [5, 5.41) is 0. The number of carbonyl (C=O) groups excluding carboxylic acids is 2. The van der Waals surface area contributed by atoms with Gasteiger partial charge in [0, 0.05) is 0 Å². The van der Waals surface area contributed by atoms with Gasteiger partial charge in [0.1, 0.15) is 5.75 Å². The maximum atomic E-state index is 12.6. The van der Waals surface area contributed by atoms with E-state index in [1.165, 1.54) is 43.5 Å². The van der Waals surface area contributed by atoms with Crippen LogP contribution < -0.4 is 9.46 Å². The summed E-state index contributed by atoms with van der Waals surface area (Å²) in [6.07, 6.45) is 1.59. The normalized spacial score (nSPS) is 10.8. The van der Waals surface area contributed by atoms with E-state index in [1.54, 1.807) is 12.1 Å². The van der Waals surface area contributed by atoms with Crippen molar-refractivity contribution in [1.29, 1.82) is 0 Å². The Morgan fingerprint density at radius 3 is 2.34 bits per heavy atom. The molecule has 2 aromatic rings. The molecule has 156 valence electrons. The Morgan fingerprint density at radius 1 is 1.00 bits per heavy atom. The molecule has 0 aliphatic carbocycles. The Morgan fingerprint density at radius 2 is 1.69 bits per heavy atom. The van der Waals surface area contributed by atoms with Crippen LogP contribution in [0.3, 0.4) is 0 Å². The maximum Gasteiger partial charge on any atom is 0.344 e. The van der Waals surface area contributed by atoms with Crippen LogP contribution in [-0.2, 0) is 24.3 Å². The van der Waals surface area contributed by atoms with E-state index in [0.29, 0.717) is 5.75 Å². The van der Waals surface area contributed by atoms with E-state index in [2.05, 4.69) is 4.72 Å². The van der Waals surface area contributed by atoms with Gasteiger partial charge in [-0.2, -0.15) is 0 Å². The first-order valence-corrected chi connectivity index (χ1v) is 10.4. The number of carbonyl (C=O) groups is 2. The standard InChI is InChI=1S/C20H23NO7S/c1-3-4-13-27-19(22)14-28-20(23)17-7-5-6-8-18(17)21-29(24,25)16-11-9-15(26-2)10-12-16/h5-12,21H,3-4,13-14H2,1-2H3.